The highest BCUT2D eigenvalue weighted by Crippen LogP contribution is 2.28. The van der Waals surface area contributed by atoms with Crippen LogP contribution in [0.2, 0.25) is 0 Å². The van der Waals surface area contributed by atoms with Crippen LogP contribution in [0.4, 0.5) is 10.5 Å². The molecule has 7 heteroatoms. The van der Waals surface area contributed by atoms with Crippen molar-refractivity contribution in [1.29, 1.82) is 0 Å². The summed E-state index contributed by atoms with van der Waals surface area (Å²) < 4.78 is 0. The van der Waals surface area contributed by atoms with Crippen molar-refractivity contribution in [3.63, 3.8) is 0 Å². The van der Waals surface area contributed by atoms with Crippen LogP contribution >= 0.6 is 0 Å². The van der Waals surface area contributed by atoms with Crippen LogP contribution in [0.3, 0.4) is 0 Å². The third-order valence-electron chi connectivity index (χ3n) is 5.03. The lowest BCUT2D eigenvalue weighted by Gasteiger charge is -2.35. The Labute approximate surface area is 160 Å². The fourth-order valence-electron chi connectivity index (χ4n) is 3.35. The van der Waals surface area contributed by atoms with Crippen molar-refractivity contribution >= 4 is 23.5 Å². The van der Waals surface area contributed by atoms with Crippen molar-refractivity contribution in [3.8, 4) is 0 Å². The quantitative estimate of drug-likeness (QED) is 0.859. The van der Waals surface area contributed by atoms with Crippen LogP contribution < -0.4 is 10.2 Å². The highest BCUT2D eigenvalue weighted by molar-refractivity contribution is 6.03. The maximum Gasteiger partial charge on any atom is 0.317 e. The highest BCUT2D eigenvalue weighted by Gasteiger charge is 2.28. The summed E-state index contributed by atoms with van der Waals surface area (Å²) in [4.78, 5) is 42.0. The molecule has 0 radical (unpaired) electrons. The molecule has 0 aromatic heterocycles. The zero-order valence-electron chi connectivity index (χ0n) is 16.5. The van der Waals surface area contributed by atoms with Crippen molar-refractivity contribution in [2.75, 3.05) is 44.7 Å². The molecule has 1 aromatic carbocycles. The second-order valence-electron chi connectivity index (χ2n) is 8.47. The molecule has 0 spiro atoms. The Morgan fingerprint density at radius 3 is 2.33 bits per heavy atom. The first kappa shape index (κ1) is 19.2. The number of piperazine rings is 1. The van der Waals surface area contributed by atoms with E-state index < -0.39 is 0 Å². The first-order valence-corrected chi connectivity index (χ1v) is 9.37. The number of amides is 4. The zero-order valence-corrected chi connectivity index (χ0v) is 16.5. The number of nitrogens with zero attached hydrogens (tertiary/aromatic N) is 3. The van der Waals surface area contributed by atoms with Gasteiger partial charge in [0.2, 0.25) is 5.91 Å². The molecule has 0 unspecified atom stereocenters. The summed E-state index contributed by atoms with van der Waals surface area (Å²) in [6.07, 6.45) is 0.342. The topological polar surface area (TPSA) is 73.0 Å². The number of benzene rings is 1. The molecular formula is C20H28N4O3. The molecule has 3 rings (SSSR count). The number of urea groups is 1. The van der Waals surface area contributed by atoms with Crippen molar-refractivity contribution < 1.29 is 14.4 Å². The number of nitrogens with one attached hydrogen (secondary N) is 1. The van der Waals surface area contributed by atoms with Gasteiger partial charge in [0.25, 0.3) is 5.91 Å². The van der Waals surface area contributed by atoms with Crippen LogP contribution in [0, 0.1) is 5.41 Å². The van der Waals surface area contributed by atoms with E-state index in [0.29, 0.717) is 44.7 Å². The van der Waals surface area contributed by atoms with E-state index in [1.54, 1.807) is 27.8 Å². The van der Waals surface area contributed by atoms with Gasteiger partial charge in [0.05, 0.1) is 6.42 Å². The Balaban J connectivity index is 1.57. The molecule has 2 aliphatic heterocycles. The summed E-state index contributed by atoms with van der Waals surface area (Å²) >= 11 is 0. The lowest BCUT2D eigenvalue weighted by atomic mass is 9.97. The second-order valence-corrected chi connectivity index (χ2v) is 8.47. The van der Waals surface area contributed by atoms with E-state index in [4.69, 9.17) is 0 Å². The number of carbonyl (C=O) groups excluding carboxylic acids is 3. The van der Waals surface area contributed by atoms with Gasteiger partial charge in [-0.2, -0.15) is 0 Å². The van der Waals surface area contributed by atoms with E-state index in [9.17, 15) is 14.4 Å². The third kappa shape index (κ3) is 4.23. The van der Waals surface area contributed by atoms with Gasteiger partial charge in [-0.05, 0) is 29.2 Å². The molecule has 1 N–H and O–H groups in total. The Bertz CT molecular complexity index is 761. The number of fused-ring (bicyclic) bond motifs is 1. The monoisotopic (exact) mass is 372 g/mol. The van der Waals surface area contributed by atoms with Gasteiger partial charge in [0, 0.05) is 51.0 Å². The summed E-state index contributed by atoms with van der Waals surface area (Å²) in [5, 5.41) is 2.95. The van der Waals surface area contributed by atoms with Gasteiger partial charge < -0.3 is 20.0 Å². The van der Waals surface area contributed by atoms with Crippen molar-refractivity contribution in [2.45, 2.75) is 27.2 Å². The Kier molecular flexibility index (Phi) is 5.13. The Hall–Kier alpha value is -2.57. The molecule has 7 nitrogen and oxygen atoms in total. The summed E-state index contributed by atoms with van der Waals surface area (Å²) in [5.41, 5.74) is 2.41. The van der Waals surface area contributed by atoms with E-state index in [1.165, 1.54) is 0 Å². The summed E-state index contributed by atoms with van der Waals surface area (Å²) in [6.45, 7) is 8.91. The SMILES string of the molecule is CN1C(=O)Cc2cc(C(=O)N3CCN(C(=O)NCC(C)(C)C)CC3)ccc21. The third-order valence-corrected chi connectivity index (χ3v) is 5.03. The lowest BCUT2D eigenvalue weighted by molar-refractivity contribution is -0.117. The number of hydrogen-bond donors (Lipinski definition) is 1. The van der Waals surface area contributed by atoms with Gasteiger partial charge in [0.15, 0.2) is 0 Å². The van der Waals surface area contributed by atoms with E-state index in [2.05, 4.69) is 26.1 Å². The molecule has 1 aromatic rings. The van der Waals surface area contributed by atoms with E-state index in [-0.39, 0.29) is 23.3 Å². The van der Waals surface area contributed by atoms with Crippen LogP contribution in [-0.4, -0.2) is 67.4 Å². The number of hydrogen-bond acceptors (Lipinski definition) is 3. The van der Waals surface area contributed by atoms with Gasteiger partial charge >= 0.3 is 6.03 Å². The molecule has 1 saturated heterocycles. The number of carbonyl (C=O) groups is 3. The van der Waals surface area contributed by atoms with Gasteiger partial charge in [-0.3, -0.25) is 9.59 Å². The molecule has 146 valence electrons. The Morgan fingerprint density at radius 1 is 1.07 bits per heavy atom. The largest absolute Gasteiger partial charge is 0.337 e. The number of likely N-dealkylation sites (N-methyl/N-ethyl adjacent to an activating group) is 1. The first-order valence-electron chi connectivity index (χ1n) is 9.37. The molecule has 0 aliphatic carbocycles. The zero-order chi connectivity index (χ0) is 19.8. The molecule has 2 aliphatic rings. The molecule has 0 atom stereocenters. The van der Waals surface area contributed by atoms with Crippen molar-refractivity contribution in [3.05, 3.63) is 29.3 Å². The van der Waals surface area contributed by atoms with Gasteiger partial charge in [-0.1, -0.05) is 20.8 Å². The van der Waals surface area contributed by atoms with Crippen molar-refractivity contribution in [2.24, 2.45) is 5.41 Å². The highest BCUT2D eigenvalue weighted by atomic mass is 16.2. The minimum absolute atomic E-state index is 0.0382. The lowest BCUT2D eigenvalue weighted by Crippen LogP contribution is -2.53. The molecule has 1 fully saturated rings. The summed E-state index contributed by atoms with van der Waals surface area (Å²) in [6, 6.07) is 5.36. The normalized spacial score (nSPS) is 17.2. The fraction of sp³-hybridized carbons (Fsp3) is 0.550. The minimum Gasteiger partial charge on any atom is -0.337 e. The van der Waals surface area contributed by atoms with Crippen LogP contribution in [0.1, 0.15) is 36.7 Å². The van der Waals surface area contributed by atoms with Crippen LogP contribution in [0.25, 0.3) is 0 Å². The van der Waals surface area contributed by atoms with Gasteiger partial charge in [-0.25, -0.2) is 4.79 Å². The Morgan fingerprint density at radius 2 is 1.70 bits per heavy atom. The first-order chi connectivity index (χ1) is 12.7. The average molecular weight is 372 g/mol. The summed E-state index contributed by atoms with van der Waals surface area (Å²) in [5.74, 6) is -0.000894. The molecule has 27 heavy (non-hydrogen) atoms. The van der Waals surface area contributed by atoms with Crippen molar-refractivity contribution in [1.82, 2.24) is 15.1 Å². The summed E-state index contributed by atoms with van der Waals surface area (Å²) in [7, 11) is 1.75. The second kappa shape index (κ2) is 7.21. The predicted octanol–water partition coefficient (Wildman–Crippen LogP) is 1.72. The standard InChI is InChI=1S/C20H28N4O3/c1-20(2,3)13-21-19(27)24-9-7-23(8-10-24)18(26)14-5-6-16-15(11-14)12-17(25)22(16)4/h5-6,11H,7-10,12-13H2,1-4H3,(H,21,27). The number of rotatable bonds is 2. The van der Waals surface area contributed by atoms with Crippen LogP contribution in [0.15, 0.2) is 18.2 Å². The van der Waals surface area contributed by atoms with E-state index in [1.807, 2.05) is 12.1 Å². The maximum absolute atomic E-state index is 12.8. The molecular weight excluding hydrogens is 344 g/mol. The van der Waals surface area contributed by atoms with Gasteiger partial charge in [-0.15, -0.1) is 0 Å². The molecule has 0 saturated carbocycles. The minimum atomic E-state index is -0.0731. The average Bonchev–Trinajstić information content (AvgIpc) is 2.92. The van der Waals surface area contributed by atoms with Gasteiger partial charge in [0.1, 0.15) is 0 Å². The van der Waals surface area contributed by atoms with E-state index >= 15 is 0 Å². The number of anilines is 1. The molecule has 4 amide bonds. The van der Waals surface area contributed by atoms with Crippen LogP contribution in [0.5, 0.6) is 0 Å². The smallest absolute Gasteiger partial charge is 0.317 e. The molecule has 0 bridgehead atoms. The maximum atomic E-state index is 12.8. The van der Waals surface area contributed by atoms with E-state index in [0.717, 1.165) is 11.3 Å². The predicted molar refractivity (Wildman–Crippen MR) is 104 cm³/mol. The molecule has 2 heterocycles. The fourth-order valence-corrected chi connectivity index (χ4v) is 3.35. The van der Waals surface area contributed by atoms with Crippen LogP contribution in [-0.2, 0) is 11.2 Å².